The van der Waals surface area contributed by atoms with Gasteiger partial charge in [0, 0.05) is 4.90 Å². The molecule has 1 unspecified atom stereocenters. The van der Waals surface area contributed by atoms with E-state index in [0.29, 0.717) is 5.92 Å². The highest BCUT2D eigenvalue weighted by atomic mass is 32.2. The highest BCUT2D eigenvalue weighted by Gasteiger charge is 2.21. The fourth-order valence-corrected chi connectivity index (χ4v) is 2.10. The van der Waals surface area contributed by atoms with E-state index < -0.39 is 0 Å². The summed E-state index contributed by atoms with van der Waals surface area (Å²) in [7, 11) is 0. The number of ether oxygens (including phenoxy) is 1. The molecule has 0 saturated heterocycles. The standard InChI is InChI=1S/C12H17NOS/c1-8(2)12-7-13-10-6-9(15-3)4-5-11(10)14-12/h4-6,8,12-13H,7H2,1-3H3. The summed E-state index contributed by atoms with van der Waals surface area (Å²) in [5, 5.41) is 3.43. The van der Waals surface area contributed by atoms with Crippen molar-refractivity contribution < 1.29 is 4.74 Å². The second-order valence-corrected chi connectivity index (χ2v) is 5.02. The summed E-state index contributed by atoms with van der Waals surface area (Å²) < 4.78 is 5.92. The zero-order valence-electron chi connectivity index (χ0n) is 9.41. The van der Waals surface area contributed by atoms with Crippen LogP contribution in [0.15, 0.2) is 23.1 Å². The number of rotatable bonds is 2. The molecule has 1 aromatic carbocycles. The van der Waals surface area contributed by atoms with E-state index in [1.807, 2.05) is 0 Å². The van der Waals surface area contributed by atoms with Crippen molar-refractivity contribution in [2.45, 2.75) is 24.8 Å². The van der Waals surface area contributed by atoms with E-state index in [9.17, 15) is 0 Å². The first-order valence-electron chi connectivity index (χ1n) is 5.29. The molecular formula is C12H17NOS. The average molecular weight is 223 g/mol. The summed E-state index contributed by atoms with van der Waals surface area (Å²) in [5.74, 6) is 1.53. The zero-order valence-corrected chi connectivity index (χ0v) is 10.2. The Labute approximate surface area is 95.4 Å². The van der Waals surface area contributed by atoms with Crippen LogP contribution < -0.4 is 10.1 Å². The van der Waals surface area contributed by atoms with Gasteiger partial charge >= 0.3 is 0 Å². The van der Waals surface area contributed by atoms with Crippen LogP contribution in [0.25, 0.3) is 0 Å². The molecule has 0 saturated carbocycles. The molecule has 0 spiro atoms. The molecule has 0 aromatic heterocycles. The Balaban J connectivity index is 2.21. The molecule has 1 aliphatic heterocycles. The molecular weight excluding hydrogens is 206 g/mol. The average Bonchev–Trinajstić information content (AvgIpc) is 2.27. The number of hydrogen-bond donors (Lipinski definition) is 1. The zero-order chi connectivity index (χ0) is 10.8. The van der Waals surface area contributed by atoms with Crippen molar-refractivity contribution >= 4 is 17.4 Å². The lowest BCUT2D eigenvalue weighted by molar-refractivity contribution is 0.156. The lowest BCUT2D eigenvalue weighted by Crippen LogP contribution is -2.34. The predicted molar refractivity (Wildman–Crippen MR) is 66.0 cm³/mol. The van der Waals surface area contributed by atoms with E-state index in [4.69, 9.17) is 4.74 Å². The fourth-order valence-electron chi connectivity index (χ4n) is 1.66. The maximum absolute atomic E-state index is 5.92. The first-order chi connectivity index (χ1) is 7.20. The Kier molecular flexibility index (Phi) is 3.10. The first kappa shape index (κ1) is 10.7. The van der Waals surface area contributed by atoms with Crippen LogP contribution in [0.1, 0.15) is 13.8 Å². The molecule has 1 heterocycles. The van der Waals surface area contributed by atoms with Gasteiger partial charge in [0.25, 0.3) is 0 Å². The molecule has 0 fully saturated rings. The molecule has 1 atom stereocenters. The Hall–Kier alpha value is -0.830. The third-order valence-electron chi connectivity index (χ3n) is 2.70. The molecule has 15 heavy (non-hydrogen) atoms. The molecule has 1 aliphatic rings. The Bertz CT molecular complexity index is 351. The molecule has 2 rings (SSSR count). The van der Waals surface area contributed by atoms with Gasteiger partial charge in [-0.2, -0.15) is 0 Å². The summed E-state index contributed by atoms with van der Waals surface area (Å²) >= 11 is 1.75. The number of anilines is 1. The number of benzene rings is 1. The lowest BCUT2D eigenvalue weighted by Gasteiger charge is -2.30. The Morgan fingerprint density at radius 1 is 1.47 bits per heavy atom. The SMILES string of the molecule is CSc1ccc2c(c1)NCC(C(C)C)O2. The minimum Gasteiger partial charge on any atom is -0.486 e. The van der Waals surface area contributed by atoms with E-state index in [-0.39, 0.29) is 6.10 Å². The number of hydrogen-bond acceptors (Lipinski definition) is 3. The van der Waals surface area contributed by atoms with Crippen LogP contribution >= 0.6 is 11.8 Å². The highest BCUT2D eigenvalue weighted by molar-refractivity contribution is 7.98. The minimum absolute atomic E-state index is 0.289. The van der Waals surface area contributed by atoms with E-state index in [1.54, 1.807) is 11.8 Å². The minimum atomic E-state index is 0.289. The van der Waals surface area contributed by atoms with Gasteiger partial charge in [-0.25, -0.2) is 0 Å². The van der Waals surface area contributed by atoms with Gasteiger partial charge in [-0.05, 0) is 30.4 Å². The van der Waals surface area contributed by atoms with Gasteiger partial charge in [0.15, 0.2) is 0 Å². The van der Waals surface area contributed by atoms with E-state index in [1.165, 1.54) is 4.90 Å². The summed E-state index contributed by atoms with van der Waals surface area (Å²) in [5.41, 5.74) is 1.12. The van der Waals surface area contributed by atoms with Crippen LogP contribution in [-0.2, 0) is 0 Å². The number of nitrogens with one attached hydrogen (secondary N) is 1. The molecule has 1 N–H and O–H groups in total. The number of thioether (sulfide) groups is 1. The second kappa shape index (κ2) is 4.35. The van der Waals surface area contributed by atoms with Crippen molar-refractivity contribution in [3.8, 4) is 5.75 Å². The van der Waals surface area contributed by atoms with Crippen molar-refractivity contribution in [3.63, 3.8) is 0 Å². The van der Waals surface area contributed by atoms with Gasteiger partial charge in [-0.3, -0.25) is 0 Å². The van der Waals surface area contributed by atoms with Gasteiger partial charge in [0.1, 0.15) is 11.9 Å². The summed E-state index contributed by atoms with van der Waals surface area (Å²) in [6.45, 7) is 5.28. The Morgan fingerprint density at radius 2 is 2.27 bits per heavy atom. The first-order valence-corrected chi connectivity index (χ1v) is 6.51. The van der Waals surface area contributed by atoms with Crippen molar-refractivity contribution in [1.29, 1.82) is 0 Å². The van der Waals surface area contributed by atoms with Gasteiger partial charge in [-0.15, -0.1) is 11.8 Å². The second-order valence-electron chi connectivity index (χ2n) is 4.14. The normalized spacial score (nSPS) is 19.3. The van der Waals surface area contributed by atoms with Crippen molar-refractivity contribution in [1.82, 2.24) is 0 Å². The number of fused-ring (bicyclic) bond motifs is 1. The third kappa shape index (κ3) is 2.23. The largest absolute Gasteiger partial charge is 0.486 e. The van der Waals surface area contributed by atoms with Gasteiger partial charge in [0.2, 0.25) is 0 Å². The van der Waals surface area contributed by atoms with Crippen LogP contribution in [0.2, 0.25) is 0 Å². The molecule has 82 valence electrons. The van der Waals surface area contributed by atoms with Crippen LogP contribution in [0.3, 0.4) is 0 Å². The molecule has 0 amide bonds. The van der Waals surface area contributed by atoms with Crippen molar-refractivity contribution in [2.75, 3.05) is 18.1 Å². The van der Waals surface area contributed by atoms with Crippen molar-refractivity contribution in [2.24, 2.45) is 5.92 Å². The maximum atomic E-state index is 5.92. The van der Waals surface area contributed by atoms with Crippen LogP contribution in [0, 0.1) is 5.92 Å². The Morgan fingerprint density at radius 3 is 2.93 bits per heavy atom. The van der Waals surface area contributed by atoms with Crippen LogP contribution in [-0.4, -0.2) is 18.9 Å². The molecule has 0 bridgehead atoms. The van der Waals surface area contributed by atoms with E-state index >= 15 is 0 Å². The monoisotopic (exact) mass is 223 g/mol. The van der Waals surface area contributed by atoms with Gasteiger partial charge in [-0.1, -0.05) is 13.8 Å². The van der Waals surface area contributed by atoms with Gasteiger partial charge < -0.3 is 10.1 Å². The van der Waals surface area contributed by atoms with Crippen molar-refractivity contribution in [3.05, 3.63) is 18.2 Å². The van der Waals surface area contributed by atoms with Gasteiger partial charge in [0.05, 0.1) is 12.2 Å². The van der Waals surface area contributed by atoms with E-state index in [2.05, 4.69) is 43.6 Å². The lowest BCUT2D eigenvalue weighted by atomic mass is 10.1. The summed E-state index contributed by atoms with van der Waals surface area (Å²) in [6.07, 6.45) is 2.38. The quantitative estimate of drug-likeness (QED) is 0.778. The maximum Gasteiger partial charge on any atom is 0.143 e. The topological polar surface area (TPSA) is 21.3 Å². The molecule has 3 heteroatoms. The predicted octanol–water partition coefficient (Wildman–Crippen LogP) is 3.24. The third-order valence-corrected chi connectivity index (χ3v) is 3.43. The molecule has 2 nitrogen and oxygen atoms in total. The summed E-state index contributed by atoms with van der Waals surface area (Å²) in [6, 6.07) is 6.31. The fraction of sp³-hybridized carbons (Fsp3) is 0.500. The van der Waals surface area contributed by atoms with Crippen LogP contribution in [0.4, 0.5) is 5.69 Å². The van der Waals surface area contributed by atoms with Crippen LogP contribution in [0.5, 0.6) is 5.75 Å². The summed E-state index contributed by atoms with van der Waals surface area (Å²) in [4.78, 5) is 1.27. The molecule has 0 radical (unpaired) electrons. The highest BCUT2D eigenvalue weighted by Crippen LogP contribution is 2.33. The smallest absolute Gasteiger partial charge is 0.143 e. The molecule has 0 aliphatic carbocycles. The molecule has 1 aromatic rings. The van der Waals surface area contributed by atoms with E-state index in [0.717, 1.165) is 18.0 Å².